The molecule has 9 heteroatoms. The van der Waals surface area contributed by atoms with Gasteiger partial charge in [0, 0.05) is 37.7 Å². The summed E-state index contributed by atoms with van der Waals surface area (Å²) in [6, 6.07) is 1.78. The van der Waals surface area contributed by atoms with Crippen molar-refractivity contribution in [3.63, 3.8) is 0 Å². The average molecular weight is 305 g/mol. The third-order valence-electron chi connectivity index (χ3n) is 2.86. The molecule has 0 radical (unpaired) electrons. The number of hydrogen-bond acceptors (Lipinski definition) is 6. The van der Waals surface area contributed by atoms with Crippen molar-refractivity contribution in [2.45, 2.75) is 13.5 Å². The van der Waals surface area contributed by atoms with E-state index in [0.717, 1.165) is 11.3 Å². The first kappa shape index (κ1) is 13.5. The molecule has 0 unspecified atom stereocenters. The van der Waals surface area contributed by atoms with Crippen molar-refractivity contribution >= 4 is 17.5 Å². The summed E-state index contributed by atoms with van der Waals surface area (Å²) in [5.74, 6) is 0.758. The Morgan fingerprint density at radius 1 is 1.29 bits per heavy atom. The van der Waals surface area contributed by atoms with E-state index in [-0.39, 0.29) is 5.28 Å². The van der Waals surface area contributed by atoms with E-state index < -0.39 is 0 Å². The molecule has 3 aromatic rings. The summed E-state index contributed by atoms with van der Waals surface area (Å²) in [6.45, 7) is 2.51. The maximum Gasteiger partial charge on any atom is 0.256 e. The van der Waals surface area contributed by atoms with Gasteiger partial charge in [-0.3, -0.25) is 4.68 Å². The molecular weight excluding hydrogens is 292 g/mol. The van der Waals surface area contributed by atoms with Crippen molar-refractivity contribution in [2.24, 2.45) is 7.05 Å². The molecule has 108 valence electrons. The molecule has 3 heterocycles. The molecule has 0 saturated carbocycles. The Morgan fingerprint density at radius 2 is 2.14 bits per heavy atom. The normalized spacial score (nSPS) is 10.8. The summed E-state index contributed by atoms with van der Waals surface area (Å²) < 4.78 is 3.29. The molecule has 1 N–H and O–H groups in total. The minimum atomic E-state index is 0.112. The second-order valence-electron chi connectivity index (χ2n) is 4.45. The standard InChI is InChI=1S/C12H13ClN8/c1-8-9(7-20(2)19-8)6-14-11-16-10(13)17-12(18-11)21-5-3-4-15-21/h3-5,7H,6H2,1-2H3,(H,14,16,17,18). The van der Waals surface area contributed by atoms with Gasteiger partial charge in [0.05, 0.1) is 5.69 Å². The zero-order valence-electron chi connectivity index (χ0n) is 11.5. The molecular formula is C12H13ClN8. The Balaban J connectivity index is 1.81. The van der Waals surface area contributed by atoms with Crippen molar-refractivity contribution in [1.82, 2.24) is 34.5 Å². The first-order valence-electron chi connectivity index (χ1n) is 6.26. The number of aromatic nitrogens is 7. The fourth-order valence-corrected chi connectivity index (χ4v) is 2.06. The van der Waals surface area contributed by atoms with Gasteiger partial charge in [0.25, 0.3) is 5.95 Å². The summed E-state index contributed by atoms with van der Waals surface area (Å²) in [4.78, 5) is 12.4. The highest BCUT2D eigenvalue weighted by Crippen LogP contribution is 2.11. The van der Waals surface area contributed by atoms with Gasteiger partial charge in [0.2, 0.25) is 11.2 Å². The molecule has 0 aliphatic carbocycles. The van der Waals surface area contributed by atoms with Crippen LogP contribution in [0.15, 0.2) is 24.7 Å². The van der Waals surface area contributed by atoms with Crippen molar-refractivity contribution in [2.75, 3.05) is 5.32 Å². The van der Waals surface area contributed by atoms with Crippen LogP contribution in [0.25, 0.3) is 5.95 Å². The molecule has 0 fully saturated rings. The van der Waals surface area contributed by atoms with E-state index in [9.17, 15) is 0 Å². The largest absolute Gasteiger partial charge is 0.350 e. The molecule has 0 spiro atoms. The second-order valence-corrected chi connectivity index (χ2v) is 4.78. The molecule has 0 aliphatic heterocycles. The third kappa shape index (κ3) is 3.00. The van der Waals surface area contributed by atoms with E-state index in [1.807, 2.05) is 20.2 Å². The Hall–Kier alpha value is -2.48. The van der Waals surface area contributed by atoms with Crippen molar-refractivity contribution < 1.29 is 0 Å². The number of aryl methyl sites for hydroxylation is 2. The molecule has 0 aromatic carbocycles. The number of hydrogen-bond donors (Lipinski definition) is 1. The van der Waals surface area contributed by atoms with Crippen LogP contribution in [0, 0.1) is 6.92 Å². The first-order chi connectivity index (χ1) is 10.1. The molecule has 0 amide bonds. The lowest BCUT2D eigenvalue weighted by Crippen LogP contribution is -2.09. The number of nitrogens with zero attached hydrogens (tertiary/aromatic N) is 7. The van der Waals surface area contributed by atoms with Gasteiger partial charge >= 0.3 is 0 Å². The minimum Gasteiger partial charge on any atom is -0.350 e. The highest BCUT2D eigenvalue weighted by atomic mass is 35.5. The quantitative estimate of drug-likeness (QED) is 0.783. The maximum atomic E-state index is 5.92. The molecule has 21 heavy (non-hydrogen) atoms. The molecule has 3 rings (SSSR count). The zero-order valence-corrected chi connectivity index (χ0v) is 12.3. The molecule has 8 nitrogen and oxygen atoms in total. The lowest BCUT2D eigenvalue weighted by atomic mass is 10.3. The maximum absolute atomic E-state index is 5.92. The van der Waals surface area contributed by atoms with Crippen molar-refractivity contribution in [1.29, 1.82) is 0 Å². The van der Waals surface area contributed by atoms with Gasteiger partial charge < -0.3 is 5.32 Å². The molecule has 0 saturated heterocycles. The van der Waals surface area contributed by atoms with Crippen LogP contribution in [-0.4, -0.2) is 34.5 Å². The van der Waals surface area contributed by atoms with Crippen LogP contribution in [0.2, 0.25) is 5.28 Å². The van der Waals surface area contributed by atoms with Crippen LogP contribution < -0.4 is 5.32 Å². The topological polar surface area (TPSA) is 86.3 Å². The second kappa shape index (κ2) is 5.49. The fraction of sp³-hybridized carbons (Fsp3) is 0.250. The first-order valence-corrected chi connectivity index (χ1v) is 6.64. The molecule has 0 aliphatic rings. The lowest BCUT2D eigenvalue weighted by Gasteiger charge is -2.06. The van der Waals surface area contributed by atoms with Crippen molar-refractivity contribution in [3.05, 3.63) is 41.2 Å². The summed E-state index contributed by atoms with van der Waals surface area (Å²) in [5.41, 5.74) is 2.02. The van der Waals surface area contributed by atoms with E-state index in [4.69, 9.17) is 11.6 Å². The van der Waals surface area contributed by atoms with Crippen LogP contribution >= 0.6 is 11.6 Å². The third-order valence-corrected chi connectivity index (χ3v) is 3.03. The van der Waals surface area contributed by atoms with E-state index in [0.29, 0.717) is 18.4 Å². The van der Waals surface area contributed by atoms with Crippen LogP contribution in [0.1, 0.15) is 11.3 Å². The van der Waals surface area contributed by atoms with Crippen molar-refractivity contribution in [3.8, 4) is 5.95 Å². The number of rotatable bonds is 4. The van der Waals surface area contributed by atoms with E-state index in [1.165, 1.54) is 4.68 Å². The average Bonchev–Trinajstić information content (AvgIpc) is 3.06. The van der Waals surface area contributed by atoms with Gasteiger partial charge in [-0.15, -0.1) is 0 Å². The monoisotopic (exact) mass is 304 g/mol. The lowest BCUT2D eigenvalue weighted by molar-refractivity contribution is 0.756. The van der Waals surface area contributed by atoms with Crippen LogP contribution in [0.3, 0.4) is 0 Å². The van der Waals surface area contributed by atoms with Gasteiger partial charge in [-0.05, 0) is 24.6 Å². The van der Waals surface area contributed by atoms with Gasteiger partial charge in [-0.1, -0.05) is 0 Å². The fourth-order valence-electron chi connectivity index (χ4n) is 1.90. The predicted molar refractivity (Wildman–Crippen MR) is 77.2 cm³/mol. The number of anilines is 1. The smallest absolute Gasteiger partial charge is 0.256 e. The van der Waals surface area contributed by atoms with Gasteiger partial charge in [0.1, 0.15) is 0 Å². The predicted octanol–water partition coefficient (Wildman–Crippen LogP) is 1.36. The Kier molecular flexibility index (Phi) is 3.53. The van der Waals surface area contributed by atoms with Crippen LogP contribution in [-0.2, 0) is 13.6 Å². The Labute approximate surface area is 125 Å². The summed E-state index contributed by atoms with van der Waals surface area (Å²) >= 11 is 5.92. The van der Waals surface area contributed by atoms with Gasteiger partial charge in [-0.2, -0.15) is 25.1 Å². The van der Waals surface area contributed by atoms with Crippen LogP contribution in [0.4, 0.5) is 5.95 Å². The number of nitrogens with one attached hydrogen (secondary N) is 1. The highest BCUT2D eigenvalue weighted by molar-refractivity contribution is 6.28. The van der Waals surface area contributed by atoms with E-state index >= 15 is 0 Å². The molecule has 3 aromatic heterocycles. The summed E-state index contributed by atoms with van der Waals surface area (Å²) in [7, 11) is 1.88. The SMILES string of the molecule is Cc1nn(C)cc1CNc1nc(Cl)nc(-n2cccn2)n1. The zero-order chi connectivity index (χ0) is 14.8. The van der Waals surface area contributed by atoms with E-state index in [1.54, 1.807) is 23.1 Å². The summed E-state index contributed by atoms with van der Waals surface area (Å²) in [6.07, 6.45) is 5.32. The minimum absolute atomic E-state index is 0.112. The summed E-state index contributed by atoms with van der Waals surface area (Å²) in [5, 5.41) is 11.6. The van der Waals surface area contributed by atoms with Gasteiger partial charge in [-0.25, -0.2) is 4.68 Å². The van der Waals surface area contributed by atoms with Crippen LogP contribution in [0.5, 0.6) is 0 Å². The Morgan fingerprint density at radius 3 is 2.81 bits per heavy atom. The highest BCUT2D eigenvalue weighted by Gasteiger charge is 2.08. The molecule has 0 atom stereocenters. The Bertz CT molecular complexity index is 749. The van der Waals surface area contributed by atoms with Gasteiger partial charge in [0.15, 0.2) is 0 Å². The molecule has 0 bridgehead atoms. The van der Waals surface area contributed by atoms with E-state index in [2.05, 4.69) is 30.5 Å². The number of halogens is 1.